The van der Waals surface area contributed by atoms with Gasteiger partial charge in [-0.3, -0.25) is 4.79 Å². The van der Waals surface area contributed by atoms with Gasteiger partial charge >= 0.3 is 11.9 Å². The topological polar surface area (TPSA) is 133 Å². The van der Waals surface area contributed by atoms with Gasteiger partial charge in [0, 0.05) is 56.6 Å². The summed E-state index contributed by atoms with van der Waals surface area (Å²) in [4.78, 5) is 38.8. The minimum absolute atomic E-state index is 0.0141. The quantitative estimate of drug-likeness (QED) is 0.280. The Kier molecular flexibility index (Phi) is 8.69. The lowest BCUT2D eigenvalue weighted by atomic mass is 9.98. The summed E-state index contributed by atoms with van der Waals surface area (Å²) in [5, 5.41) is 12.4. The van der Waals surface area contributed by atoms with Crippen LogP contribution in [0, 0.1) is 0 Å². The maximum absolute atomic E-state index is 12.8. The zero-order valence-electron chi connectivity index (χ0n) is 25.3. The molecule has 4 aliphatic heterocycles. The highest BCUT2D eigenvalue weighted by atomic mass is 16.7. The van der Waals surface area contributed by atoms with Crippen molar-refractivity contribution in [3.8, 4) is 0 Å². The third kappa shape index (κ3) is 6.48. The second-order valence-electron chi connectivity index (χ2n) is 12.1. The van der Waals surface area contributed by atoms with Gasteiger partial charge in [0.1, 0.15) is 0 Å². The Labute approximate surface area is 266 Å². The highest BCUT2D eigenvalue weighted by molar-refractivity contribution is 6.15. The zero-order chi connectivity index (χ0) is 31.7. The Morgan fingerprint density at radius 1 is 0.848 bits per heavy atom. The molecule has 3 aromatic rings. The van der Waals surface area contributed by atoms with Crippen LogP contribution in [0.25, 0.3) is 0 Å². The molecule has 11 nitrogen and oxygen atoms in total. The van der Waals surface area contributed by atoms with Crippen LogP contribution in [0.2, 0.25) is 0 Å². The number of ether oxygens (including phenoxy) is 5. The number of carbonyl (C=O) groups is 3. The number of esters is 2. The summed E-state index contributed by atoms with van der Waals surface area (Å²) >= 11 is 0. The Hall–Kier alpha value is -3.97. The fourth-order valence-electron chi connectivity index (χ4n) is 6.49. The highest BCUT2D eigenvalue weighted by Crippen LogP contribution is 2.39. The maximum Gasteiger partial charge on any atom is 0.346 e. The molecule has 0 radical (unpaired) electrons. The Morgan fingerprint density at radius 3 is 2.24 bits per heavy atom. The molecule has 0 bridgehead atoms. The van der Waals surface area contributed by atoms with E-state index in [4.69, 9.17) is 18.9 Å². The molecule has 1 amide bonds. The van der Waals surface area contributed by atoms with E-state index in [2.05, 4.69) is 15.0 Å². The molecule has 3 atom stereocenters. The van der Waals surface area contributed by atoms with Crippen molar-refractivity contribution in [1.82, 2.24) is 10.2 Å². The number of piperidine rings is 1. The summed E-state index contributed by atoms with van der Waals surface area (Å²) in [6, 6.07) is 19.9. The molecule has 1 spiro atoms. The first-order chi connectivity index (χ1) is 22.4. The summed E-state index contributed by atoms with van der Waals surface area (Å²) < 4.78 is 29.5. The molecule has 3 aromatic carbocycles. The van der Waals surface area contributed by atoms with Crippen molar-refractivity contribution in [3.63, 3.8) is 0 Å². The van der Waals surface area contributed by atoms with Gasteiger partial charge in [-0.1, -0.05) is 48.5 Å². The molecule has 3 saturated heterocycles. The van der Waals surface area contributed by atoms with E-state index in [0.29, 0.717) is 19.6 Å². The van der Waals surface area contributed by atoms with Gasteiger partial charge in [-0.05, 0) is 34.9 Å². The number of aliphatic hydroxyl groups excluding tert-OH is 1. The Bertz CT molecular complexity index is 1590. The first kappa shape index (κ1) is 30.7. The van der Waals surface area contributed by atoms with Crippen molar-refractivity contribution in [1.29, 1.82) is 0 Å². The van der Waals surface area contributed by atoms with Crippen LogP contribution in [0.4, 0.5) is 0 Å². The fourth-order valence-corrected chi connectivity index (χ4v) is 6.49. The van der Waals surface area contributed by atoms with Crippen molar-refractivity contribution in [2.24, 2.45) is 0 Å². The minimum atomic E-state index is -0.748. The normalized spacial score (nSPS) is 24.2. The lowest BCUT2D eigenvalue weighted by Gasteiger charge is -2.41. The lowest BCUT2D eigenvalue weighted by Crippen LogP contribution is -2.48. The van der Waals surface area contributed by atoms with Crippen LogP contribution in [-0.4, -0.2) is 72.6 Å². The number of fused-ring (bicyclic) bond motifs is 1. The van der Waals surface area contributed by atoms with Crippen molar-refractivity contribution in [2.75, 3.05) is 32.8 Å². The third-order valence-corrected chi connectivity index (χ3v) is 9.12. The lowest BCUT2D eigenvalue weighted by molar-refractivity contribution is -0.255. The van der Waals surface area contributed by atoms with Crippen LogP contribution >= 0.6 is 0 Å². The smallest absolute Gasteiger partial charge is 0.346 e. The number of likely N-dealkylation sites (tertiary alicyclic amines) is 1. The monoisotopic (exact) mass is 628 g/mol. The number of carbonyl (C=O) groups excluding carboxylic acids is 3. The number of nitrogens with zero attached hydrogens (tertiary/aromatic N) is 1. The van der Waals surface area contributed by atoms with Gasteiger partial charge in [-0.15, -0.1) is 0 Å². The zero-order valence-corrected chi connectivity index (χ0v) is 25.3. The number of nitrogens with one attached hydrogen (secondary N) is 1. The van der Waals surface area contributed by atoms with E-state index in [9.17, 15) is 19.5 Å². The van der Waals surface area contributed by atoms with E-state index in [1.807, 2.05) is 48.5 Å². The molecule has 3 unspecified atom stereocenters. The molecule has 240 valence electrons. The van der Waals surface area contributed by atoms with Crippen LogP contribution < -0.4 is 5.32 Å². The maximum atomic E-state index is 12.8. The van der Waals surface area contributed by atoms with Gasteiger partial charge in [0.15, 0.2) is 12.1 Å². The van der Waals surface area contributed by atoms with E-state index in [0.717, 1.165) is 54.7 Å². The number of hydrogen-bond donors (Lipinski definition) is 2. The van der Waals surface area contributed by atoms with E-state index in [1.165, 1.54) is 18.2 Å². The Balaban J connectivity index is 1.01. The van der Waals surface area contributed by atoms with Crippen molar-refractivity contribution < 1.29 is 43.2 Å². The van der Waals surface area contributed by atoms with Crippen LogP contribution in [-0.2, 0) is 36.8 Å². The largest absolute Gasteiger partial charge is 0.392 e. The summed E-state index contributed by atoms with van der Waals surface area (Å²) in [6.45, 7) is 4.06. The van der Waals surface area contributed by atoms with Gasteiger partial charge in [0.25, 0.3) is 5.91 Å². The van der Waals surface area contributed by atoms with E-state index >= 15 is 0 Å². The molecule has 46 heavy (non-hydrogen) atoms. The summed E-state index contributed by atoms with van der Waals surface area (Å²) in [5.41, 5.74) is 4.13. The predicted molar refractivity (Wildman–Crippen MR) is 163 cm³/mol. The summed E-state index contributed by atoms with van der Waals surface area (Å²) in [7, 11) is 0. The van der Waals surface area contributed by atoms with Gasteiger partial charge in [-0.25, -0.2) is 9.59 Å². The van der Waals surface area contributed by atoms with Crippen LogP contribution in [0.5, 0.6) is 0 Å². The van der Waals surface area contributed by atoms with E-state index in [1.54, 1.807) is 0 Å². The fraction of sp³-hybridized carbons (Fsp3) is 0.400. The molecule has 2 N–H and O–H groups in total. The van der Waals surface area contributed by atoms with Gasteiger partial charge < -0.3 is 39.0 Å². The van der Waals surface area contributed by atoms with Crippen LogP contribution in [0.1, 0.15) is 85.0 Å². The number of amides is 1. The molecule has 0 aromatic heterocycles. The van der Waals surface area contributed by atoms with Crippen molar-refractivity contribution >= 4 is 17.8 Å². The van der Waals surface area contributed by atoms with Gasteiger partial charge in [-0.2, -0.15) is 0 Å². The third-order valence-electron chi connectivity index (χ3n) is 9.12. The summed E-state index contributed by atoms with van der Waals surface area (Å²) in [5.74, 6) is -2.25. The summed E-state index contributed by atoms with van der Waals surface area (Å²) in [6.07, 6.45) is 1.52. The molecule has 0 aliphatic carbocycles. The molecule has 7 rings (SSSR count). The SMILES string of the molecule is O=C(NCc1ccc(C2OC(CN3CCC4(CC3)OCCO4)CC(c3ccc(CO)cc3)O2)cc1)c1ccc2c(c1)C(=O)OC2=O. The second kappa shape index (κ2) is 13.0. The number of rotatable bonds is 8. The average Bonchev–Trinajstić information content (AvgIpc) is 3.67. The van der Waals surface area contributed by atoms with E-state index < -0.39 is 24.0 Å². The molecule has 4 aliphatic rings. The predicted octanol–water partition coefficient (Wildman–Crippen LogP) is 3.80. The van der Waals surface area contributed by atoms with Gasteiger partial charge in [0.05, 0.1) is 43.2 Å². The molecule has 11 heteroatoms. The molecular formula is C35H36N2O9. The number of aliphatic hydroxyl groups is 1. The van der Waals surface area contributed by atoms with Crippen LogP contribution in [0.3, 0.4) is 0 Å². The number of hydrogen-bond acceptors (Lipinski definition) is 10. The standard InChI is InChI=1S/C35H36N2O9/c38-21-23-3-5-24(6-4-23)30-18-27(20-37-13-11-35(12-14-37)42-15-16-43-35)44-34(45-30)25-7-1-22(2-8-25)19-36-31(39)26-9-10-28-29(17-26)33(41)46-32(28)40/h1-10,17,27,30,34,38H,11-16,18-21H2,(H,36,39). The Morgan fingerprint density at radius 2 is 1.52 bits per heavy atom. The second-order valence-corrected chi connectivity index (χ2v) is 12.1. The first-order valence-electron chi connectivity index (χ1n) is 15.7. The number of cyclic esters (lactones) is 2. The molecule has 0 saturated carbocycles. The van der Waals surface area contributed by atoms with Crippen molar-refractivity contribution in [2.45, 2.75) is 56.7 Å². The molecule has 3 fully saturated rings. The first-order valence-corrected chi connectivity index (χ1v) is 15.7. The molecular weight excluding hydrogens is 592 g/mol. The number of benzene rings is 3. The molecule has 4 heterocycles. The highest BCUT2D eigenvalue weighted by Gasteiger charge is 2.41. The minimum Gasteiger partial charge on any atom is -0.392 e. The van der Waals surface area contributed by atoms with Crippen molar-refractivity contribution in [3.05, 3.63) is 106 Å². The average molecular weight is 629 g/mol. The van der Waals surface area contributed by atoms with Gasteiger partial charge in [0.2, 0.25) is 0 Å². The van der Waals surface area contributed by atoms with Crippen LogP contribution in [0.15, 0.2) is 66.7 Å². The van der Waals surface area contributed by atoms with E-state index in [-0.39, 0.29) is 48.0 Å².